The summed E-state index contributed by atoms with van der Waals surface area (Å²) in [6.45, 7) is 2.62. The molecular formula is C19H19N5O2. The molecule has 4 rings (SSSR count). The number of rotatable bonds is 4. The summed E-state index contributed by atoms with van der Waals surface area (Å²) in [5.41, 5.74) is 0.511. The van der Waals surface area contributed by atoms with Gasteiger partial charge in [-0.2, -0.15) is 0 Å². The number of ether oxygens (including phenoxy) is 1. The van der Waals surface area contributed by atoms with E-state index in [2.05, 4.69) is 25.1 Å². The zero-order valence-corrected chi connectivity index (χ0v) is 14.4. The number of amides is 1. The van der Waals surface area contributed by atoms with Crippen LogP contribution in [0, 0.1) is 6.92 Å². The Kier molecular flexibility index (Phi) is 4.35. The van der Waals surface area contributed by atoms with E-state index >= 15 is 0 Å². The molecule has 0 spiro atoms. The second-order valence-electron chi connectivity index (χ2n) is 6.28. The van der Waals surface area contributed by atoms with Gasteiger partial charge in [-0.15, -0.1) is 10.2 Å². The van der Waals surface area contributed by atoms with Gasteiger partial charge in [0.15, 0.2) is 0 Å². The van der Waals surface area contributed by atoms with Crippen molar-refractivity contribution < 1.29 is 9.53 Å². The Morgan fingerprint density at radius 3 is 2.81 bits per heavy atom. The molecule has 0 aliphatic carbocycles. The SMILES string of the molecule is Cc1nnc2n1C[C@@H](NC(=O)c1ccc(Oc3ccccc3)nc1)CC2. The molecule has 0 bridgehead atoms. The van der Waals surface area contributed by atoms with Gasteiger partial charge in [-0.25, -0.2) is 4.98 Å². The second kappa shape index (κ2) is 6.95. The van der Waals surface area contributed by atoms with Gasteiger partial charge in [-0.05, 0) is 31.5 Å². The summed E-state index contributed by atoms with van der Waals surface area (Å²) in [6, 6.07) is 12.9. The molecule has 1 amide bonds. The van der Waals surface area contributed by atoms with Crippen LogP contribution in [0.1, 0.15) is 28.4 Å². The van der Waals surface area contributed by atoms with Crippen molar-refractivity contribution >= 4 is 5.91 Å². The lowest BCUT2D eigenvalue weighted by Gasteiger charge is -2.24. The van der Waals surface area contributed by atoms with Gasteiger partial charge in [0.1, 0.15) is 17.4 Å². The first-order valence-corrected chi connectivity index (χ1v) is 8.57. The van der Waals surface area contributed by atoms with Crippen molar-refractivity contribution in [1.82, 2.24) is 25.1 Å². The molecule has 1 N–H and O–H groups in total. The standard InChI is InChI=1S/C19H19N5O2/c1-13-22-23-17-9-8-15(12-24(13)17)21-19(25)14-7-10-18(20-11-14)26-16-5-3-2-4-6-16/h2-7,10-11,15H,8-9,12H2,1H3,(H,21,25)/t15-/m0/s1. The molecule has 3 heterocycles. The highest BCUT2D eigenvalue weighted by atomic mass is 16.5. The number of hydrogen-bond donors (Lipinski definition) is 1. The molecule has 7 nitrogen and oxygen atoms in total. The molecule has 1 aliphatic rings. The molecule has 26 heavy (non-hydrogen) atoms. The Bertz CT molecular complexity index is 905. The summed E-state index contributed by atoms with van der Waals surface area (Å²) < 4.78 is 7.71. The Labute approximate surface area is 151 Å². The highest BCUT2D eigenvalue weighted by Gasteiger charge is 2.23. The minimum absolute atomic E-state index is 0.0601. The number of nitrogens with zero attached hydrogens (tertiary/aromatic N) is 4. The van der Waals surface area contributed by atoms with Gasteiger partial charge in [0.25, 0.3) is 5.91 Å². The van der Waals surface area contributed by atoms with Crippen LogP contribution in [0.3, 0.4) is 0 Å². The Balaban J connectivity index is 1.39. The maximum Gasteiger partial charge on any atom is 0.253 e. The average molecular weight is 349 g/mol. The number of pyridine rings is 1. The van der Waals surface area contributed by atoms with Gasteiger partial charge >= 0.3 is 0 Å². The summed E-state index contributed by atoms with van der Waals surface area (Å²) in [5.74, 6) is 2.89. The fourth-order valence-electron chi connectivity index (χ4n) is 3.03. The summed E-state index contributed by atoms with van der Waals surface area (Å²) in [6.07, 6.45) is 3.20. The Hall–Kier alpha value is -3.22. The average Bonchev–Trinajstić information content (AvgIpc) is 3.04. The number of hydrogen-bond acceptors (Lipinski definition) is 5. The fraction of sp³-hybridized carbons (Fsp3) is 0.263. The number of benzene rings is 1. The lowest BCUT2D eigenvalue weighted by molar-refractivity contribution is 0.0927. The lowest BCUT2D eigenvalue weighted by Crippen LogP contribution is -2.41. The smallest absolute Gasteiger partial charge is 0.253 e. The first-order valence-electron chi connectivity index (χ1n) is 8.57. The topological polar surface area (TPSA) is 81.9 Å². The van der Waals surface area contributed by atoms with E-state index in [1.807, 2.05) is 37.3 Å². The number of para-hydroxylation sites is 1. The number of aryl methyl sites for hydroxylation is 2. The number of fused-ring (bicyclic) bond motifs is 1. The van der Waals surface area contributed by atoms with Crippen LogP contribution in [0.5, 0.6) is 11.6 Å². The van der Waals surface area contributed by atoms with Gasteiger partial charge in [-0.3, -0.25) is 4.79 Å². The van der Waals surface area contributed by atoms with Gasteiger partial charge in [0.2, 0.25) is 5.88 Å². The highest BCUT2D eigenvalue weighted by molar-refractivity contribution is 5.94. The maximum absolute atomic E-state index is 12.5. The van der Waals surface area contributed by atoms with Crippen molar-refractivity contribution in [2.45, 2.75) is 32.4 Å². The van der Waals surface area contributed by atoms with E-state index in [0.717, 1.165) is 24.5 Å². The van der Waals surface area contributed by atoms with Crippen molar-refractivity contribution in [3.05, 3.63) is 65.9 Å². The molecule has 7 heteroatoms. The van der Waals surface area contributed by atoms with Gasteiger partial charge in [0, 0.05) is 31.3 Å². The Morgan fingerprint density at radius 2 is 2.04 bits per heavy atom. The van der Waals surface area contributed by atoms with Crippen LogP contribution < -0.4 is 10.1 Å². The molecule has 0 radical (unpaired) electrons. The van der Waals surface area contributed by atoms with Crippen LogP contribution in [0.4, 0.5) is 0 Å². The molecule has 0 unspecified atom stereocenters. The largest absolute Gasteiger partial charge is 0.439 e. The third-order valence-corrected chi connectivity index (χ3v) is 4.43. The zero-order valence-electron chi connectivity index (χ0n) is 14.4. The van der Waals surface area contributed by atoms with Gasteiger partial charge < -0.3 is 14.6 Å². The van der Waals surface area contributed by atoms with E-state index in [9.17, 15) is 4.79 Å². The van der Waals surface area contributed by atoms with E-state index in [0.29, 0.717) is 23.7 Å². The molecule has 0 saturated carbocycles. The molecule has 1 aromatic carbocycles. The van der Waals surface area contributed by atoms with Crippen LogP contribution in [0.15, 0.2) is 48.7 Å². The third kappa shape index (κ3) is 3.42. The summed E-state index contributed by atoms with van der Waals surface area (Å²) in [5, 5.41) is 11.3. The quantitative estimate of drug-likeness (QED) is 0.783. The number of carbonyl (C=O) groups excluding carboxylic acids is 1. The lowest BCUT2D eigenvalue weighted by atomic mass is 10.1. The molecule has 1 aliphatic heterocycles. The normalized spacial score (nSPS) is 16.0. The predicted octanol–water partition coefficient (Wildman–Crippen LogP) is 2.52. The molecule has 2 aromatic heterocycles. The fourth-order valence-corrected chi connectivity index (χ4v) is 3.03. The van der Waals surface area contributed by atoms with Crippen molar-refractivity contribution in [2.75, 3.05) is 0 Å². The number of carbonyl (C=O) groups is 1. The zero-order chi connectivity index (χ0) is 17.9. The summed E-state index contributed by atoms with van der Waals surface area (Å²) >= 11 is 0. The predicted molar refractivity (Wildman–Crippen MR) is 95.1 cm³/mol. The van der Waals surface area contributed by atoms with Crippen LogP contribution in [-0.2, 0) is 13.0 Å². The maximum atomic E-state index is 12.5. The van der Waals surface area contributed by atoms with Crippen LogP contribution in [-0.4, -0.2) is 31.7 Å². The number of nitrogens with one attached hydrogen (secondary N) is 1. The van der Waals surface area contributed by atoms with E-state index in [1.165, 1.54) is 6.20 Å². The van der Waals surface area contributed by atoms with Crippen molar-refractivity contribution in [3.8, 4) is 11.6 Å². The first-order chi connectivity index (χ1) is 12.7. The van der Waals surface area contributed by atoms with Crippen molar-refractivity contribution in [3.63, 3.8) is 0 Å². The van der Waals surface area contributed by atoms with Crippen LogP contribution in [0.2, 0.25) is 0 Å². The minimum atomic E-state index is -0.136. The summed E-state index contributed by atoms with van der Waals surface area (Å²) in [7, 11) is 0. The van der Waals surface area contributed by atoms with E-state index in [-0.39, 0.29) is 11.9 Å². The molecule has 1 atom stereocenters. The number of aromatic nitrogens is 4. The van der Waals surface area contributed by atoms with Crippen molar-refractivity contribution in [2.24, 2.45) is 0 Å². The molecule has 3 aromatic rings. The summed E-state index contributed by atoms with van der Waals surface area (Å²) in [4.78, 5) is 16.7. The van der Waals surface area contributed by atoms with E-state index < -0.39 is 0 Å². The van der Waals surface area contributed by atoms with Crippen LogP contribution >= 0.6 is 0 Å². The van der Waals surface area contributed by atoms with Gasteiger partial charge in [0.05, 0.1) is 5.56 Å². The van der Waals surface area contributed by atoms with Crippen LogP contribution in [0.25, 0.3) is 0 Å². The van der Waals surface area contributed by atoms with E-state index in [1.54, 1.807) is 12.1 Å². The Morgan fingerprint density at radius 1 is 1.19 bits per heavy atom. The minimum Gasteiger partial charge on any atom is -0.439 e. The van der Waals surface area contributed by atoms with E-state index in [4.69, 9.17) is 4.74 Å². The molecular weight excluding hydrogens is 330 g/mol. The van der Waals surface area contributed by atoms with Gasteiger partial charge in [-0.1, -0.05) is 18.2 Å². The molecule has 132 valence electrons. The molecule has 0 fully saturated rings. The highest BCUT2D eigenvalue weighted by Crippen LogP contribution is 2.19. The first kappa shape index (κ1) is 16.3. The van der Waals surface area contributed by atoms with Crippen molar-refractivity contribution in [1.29, 1.82) is 0 Å². The monoisotopic (exact) mass is 349 g/mol. The second-order valence-corrected chi connectivity index (χ2v) is 6.28. The molecule has 0 saturated heterocycles. The third-order valence-electron chi connectivity index (χ3n) is 4.43.